The molecule has 8 heavy (non-hydrogen) atoms. The molecule has 0 aliphatic carbocycles. The lowest BCUT2D eigenvalue weighted by molar-refractivity contribution is 0.597. The van der Waals surface area contributed by atoms with Crippen LogP contribution in [0.5, 0.6) is 0 Å². The predicted molar refractivity (Wildman–Crippen MR) is 32.2 cm³/mol. The topological polar surface area (TPSA) is 34.1 Å². The maximum absolute atomic E-state index is 10.7. The molecule has 0 amide bonds. The first-order valence-corrected chi connectivity index (χ1v) is 4.39. The van der Waals surface area contributed by atoms with E-state index in [1.165, 1.54) is 0 Å². The SMILES string of the molecule is [CH2]C1CCCS1(=O)=O. The molecule has 0 N–H and O–H groups in total. The first-order chi connectivity index (χ1) is 3.63. The Morgan fingerprint density at radius 3 is 2.25 bits per heavy atom. The molecule has 1 radical (unpaired) electrons. The smallest absolute Gasteiger partial charge is 0.153 e. The van der Waals surface area contributed by atoms with Gasteiger partial charge in [0.05, 0.1) is 11.0 Å². The van der Waals surface area contributed by atoms with Crippen LogP contribution in [0.4, 0.5) is 0 Å². The molecule has 0 aromatic heterocycles. The Labute approximate surface area is 49.8 Å². The molecule has 0 aromatic carbocycles. The largest absolute Gasteiger partial charge is 0.229 e. The quantitative estimate of drug-likeness (QED) is 0.479. The third-order valence-corrected chi connectivity index (χ3v) is 3.57. The van der Waals surface area contributed by atoms with Crippen LogP contribution >= 0.6 is 0 Å². The van der Waals surface area contributed by atoms with Crippen LogP contribution in [0.15, 0.2) is 0 Å². The van der Waals surface area contributed by atoms with Crippen molar-refractivity contribution in [2.45, 2.75) is 18.1 Å². The molecule has 1 aliphatic rings. The average Bonchev–Trinajstić information content (AvgIpc) is 1.86. The van der Waals surface area contributed by atoms with Crippen LogP contribution in [0.2, 0.25) is 0 Å². The van der Waals surface area contributed by atoms with E-state index in [1.54, 1.807) is 0 Å². The first kappa shape index (κ1) is 6.08. The van der Waals surface area contributed by atoms with Crippen molar-refractivity contribution in [2.75, 3.05) is 5.75 Å². The molecule has 2 nitrogen and oxygen atoms in total. The number of hydrogen-bond acceptors (Lipinski definition) is 2. The van der Waals surface area contributed by atoms with Gasteiger partial charge in [0, 0.05) is 0 Å². The second kappa shape index (κ2) is 1.72. The van der Waals surface area contributed by atoms with Gasteiger partial charge in [0.2, 0.25) is 0 Å². The van der Waals surface area contributed by atoms with Crippen LogP contribution in [0.1, 0.15) is 12.8 Å². The minimum atomic E-state index is -2.74. The second-order valence-electron chi connectivity index (χ2n) is 2.13. The number of sulfone groups is 1. The van der Waals surface area contributed by atoms with Gasteiger partial charge >= 0.3 is 0 Å². The Kier molecular flexibility index (Phi) is 1.31. The molecule has 1 fully saturated rings. The summed E-state index contributed by atoms with van der Waals surface area (Å²) in [7, 11) is -2.74. The van der Waals surface area contributed by atoms with Gasteiger partial charge in [0.1, 0.15) is 0 Å². The Morgan fingerprint density at radius 2 is 2.12 bits per heavy atom. The van der Waals surface area contributed by atoms with E-state index < -0.39 is 9.84 Å². The highest BCUT2D eigenvalue weighted by atomic mass is 32.2. The third-order valence-electron chi connectivity index (χ3n) is 1.46. The maximum Gasteiger partial charge on any atom is 0.153 e. The molecule has 1 rings (SSSR count). The van der Waals surface area contributed by atoms with Gasteiger partial charge in [-0.15, -0.1) is 0 Å². The van der Waals surface area contributed by atoms with Crippen molar-refractivity contribution in [1.29, 1.82) is 0 Å². The van der Waals surface area contributed by atoms with Gasteiger partial charge in [-0.2, -0.15) is 0 Å². The summed E-state index contributed by atoms with van der Waals surface area (Å²) in [5.41, 5.74) is 0. The fraction of sp³-hybridized carbons (Fsp3) is 0.800. The fourth-order valence-electron chi connectivity index (χ4n) is 0.858. The summed E-state index contributed by atoms with van der Waals surface area (Å²) in [4.78, 5) is 0. The van der Waals surface area contributed by atoms with Gasteiger partial charge in [-0.05, 0) is 19.8 Å². The van der Waals surface area contributed by atoms with Crippen LogP contribution < -0.4 is 0 Å². The molecule has 0 spiro atoms. The molecule has 3 heteroatoms. The molecule has 0 bridgehead atoms. The van der Waals surface area contributed by atoms with E-state index in [-0.39, 0.29) is 5.25 Å². The van der Waals surface area contributed by atoms with Crippen LogP contribution in [0, 0.1) is 6.92 Å². The van der Waals surface area contributed by atoms with Crippen molar-refractivity contribution in [3.05, 3.63) is 6.92 Å². The van der Waals surface area contributed by atoms with Gasteiger partial charge in [-0.3, -0.25) is 0 Å². The number of rotatable bonds is 0. The zero-order valence-electron chi connectivity index (χ0n) is 4.63. The van der Waals surface area contributed by atoms with Gasteiger partial charge in [0.15, 0.2) is 9.84 Å². The zero-order valence-corrected chi connectivity index (χ0v) is 5.45. The van der Waals surface area contributed by atoms with Crippen molar-refractivity contribution in [2.24, 2.45) is 0 Å². The van der Waals surface area contributed by atoms with E-state index in [0.717, 1.165) is 12.8 Å². The molecule has 1 aliphatic heterocycles. The van der Waals surface area contributed by atoms with Crippen LogP contribution in [-0.4, -0.2) is 19.4 Å². The van der Waals surface area contributed by atoms with Gasteiger partial charge in [-0.25, -0.2) is 8.42 Å². The molecule has 0 saturated carbocycles. The van der Waals surface area contributed by atoms with Crippen molar-refractivity contribution in [3.8, 4) is 0 Å². The summed E-state index contributed by atoms with van der Waals surface area (Å²) >= 11 is 0. The van der Waals surface area contributed by atoms with E-state index in [0.29, 0.717) is 5.75 Å². The third kappa shape index (κ3) is 0.869. The van der Waals surface area contributed by atoms with Crippen molar-refractivity contribution < 1.29 is 8.42 Å². The van der Waals surface area contributed by atoms with Gasteiger partial charge < -0.3 is 0 Å². The lowest BCUT2D eigenvalue weighted by atomic mass is 10.3. The normalized spacial score (nSPS) is 35.4. The summed E-state index contributed by atoms with van der Waals surface area (Å²) < 4.78 is 21.4. The average molecular weight is 133 g/mol. The van der Waals surface area contributed by atoms with E-state index in [9.17, 15) is 8.42 Å². The molecular formula is C5H9O2S. The van der Waals surface area contributed by atoms with Crippen LogP contribution in [-0.2, 0) is 9.84 Å². The molecule has 1 heterocycles. The molecule has 0 aromatic rings. The van der Waals surface area contributed by atoms with Gasteiger partial charge in [-0.1, -0.05) is 0 Å². The molecule has 1 unspecified atom stereocenters. The first-order valence-electron chi connectivity index (χ1n) is 2.67. The number of hydrogen-bond donors (Lipinski definition) is 0. The Morgan fingerprint density at radius 1 is 1.50 bits per heavy atom. The summed E-state index contributed by atoms with van der Waals surface area (Å²) in [6, 6.07) is 0. The van der Waals surface area contributed by atoms with E-state index in [1.807, 2.05) is 0 Å². The Balaban J connectivity index is 2.85. The summed E-state index contributed by atoms with van der Waals surface area (Å²) in [5.74, 6) is 0.348. The lowest BCUT2D eigenvalue weighted by Gasteiger charge is -1.95. The summed E-state index contributed by atoms with van der Waals surface area (Å²) in [6.07, 6.45) is 1.55. The highest BCUT2D eigenvalue weighted by Gasteiger charge is 2.26. The highest BCUT2D eigenvalue weighted by molar-refractivity contribution is 7.92. The summed E-state index contributed by atoms with van der Waals surface area (Å²) in [5, 5.41) is -0.317. The highest BCUT2D eigenvalue weighted by Crippen LogP contribution is 2.17. The van der Waals surface area contributed by atoms with E-state index in [4.69, 9.17) is 0 Å². The van der Waals surface area contributed by atoms with Crippen molar-refractivity contribution >= 4 is 9.84 Å². The standard InChI is InChI=1S/C5H9O2S/c1-5-3-2-4-8(5,6)7/h5H,1-4H2. The Bertz CT molecular complexity index is 169. The van der Waals surface area contributed by atoms with E-state index >= 15 is 0 Å². The zero-order chi connectivity index (χ0) is 6.20. The minimum Gasteiger partial charge on any atom is -0.229 e. The predicted octanol–water partition coefficient (Wildman–Crippen LogP) is 0.398. The van der Waals surface area contributed by atoms with E-state index in [2.05, 4.69) is 6.92 Å². The molecule has 47 valence electrons. The van der Waals surface area contributed by atoms with Crippen LogP contribution in [0.3, 0.4) is 0 Å². The Hall–Kier alpha value is -0.0500. The second-order valence-corrected chi connectivity index (χ2v) is 4.53. The van der Waals surface area contributed by atoms with Gasteiger partial charge in [0.25, 0.3) is 0 Å². The molecular weight excluding hydrogens is 124 g/mol. The lowest BCUT2D eigenvalue weighted by Crippen LogP contribution is -2.10. The molecule has 1 atom stereocenters. The monoisotopic (exact) mass is 133 g/mol. The fourth-order valence-corrected chi connectivity index (χ4v) is 2.29. The maximum atomic E-state index is 10.7. The minimum absolute atomic E-state index is 0.317. The van der Waals surface area contributed by atoms with Crippen LogP contribution in [0.25, 0.3) is 0 Å². The summed E-state index contributed by atoms with van der Waals surface area (Å²) in [6.45, 7) is 3.50. The van der Waals surface area contributed by atoms with Crippen molar-refractivity contribution in [1.82, 2.24) is 0 Å². The molecule has 1 saturated heterocycles. The van der Waals surface area contributed by atoms with Crippen molar-refractivity contribution in [3.63, 3.8) is 0 Å².